The standard InChI is InChI=1S/C9H6FNO2S.C8H17N3O.2C2H6.C2H2/c10-13-7-5-11-4-6-2-1-3-8(14-12)9(6)7;1-7-6-11(8(12)5-9)4-2-3-10-7;3*1-2/h1-5,12H;7,10H,2-6,9H2,1H3;2*1-2H3;1-2H/t;7-;;;/m.0.../s1. The predicted molar refractivity (Wildman–Crippen MR) is 132 cm³/mol. The van der Waals surface area contributed by atoms with E-state index in [2.05, 4.69) is 35.0 Å². The van der Waals surface area contributed by atoms with Crippen LogP contribution >= 0.6 is 12.0 Å². The van der Waals surface area contributed by atoms with Gasteiger partial charge in [-0.25, -0.2) is 0 Å². The Hall–Kier alpha value is -2.38. The molecule has 2 aromatic rings. The summed E-state index contributed by atoms with van der Waals surface area (Å²) in [4.78, 5) is 21.1. The van der Waals surface area contributed by atoms with Crippen LogP contribution in [0.3, 0.4) is 0 Å². The fourth-order valence-electron chi connectivity index (χ4n) is 2.76. The lowest BCUT2D eigenvalue weighted by Gasteiger charge is -2.21. The number of halogens is 1. The van der Waals surface area contributed by atoms with Crippen molar-refractivity contribution in [3.63, 3.8) is 0 Å². The topological polar surface area (TPSA) is 101 Å². The van der Waals surface area contributed by atoms with Gasteiger partial charge in [0.2, 0.25) is 5.91 Å². The molecule has 1 aromatic heterocycles. The van der Waals surface area contributed by atoms with Crippen LogP contribution in [-0.4, -0.2) is 52.6 Å². The molecule has 1 aromatic carbocycles. The van der Waals surface area contributed by atoms with Crippen LogP contribution in [0, 0.1) is 12.8 Å². The average Bonchev–Trinajstić information content (AvgIpc) is 3.11. The summed E-state index contributed by atoms with van der Waals surface area (Å²) in [7, 11) is 0. The summed E-state index contributed by atoms with van der Waals surface area (Å²) < 4.78 is 21.1. The first kappa shape index (κ1) is 31.8. The first-order chi connectivity index (χ1) is 15.6. The van der Waals surface area contributed by atoms with E-state index in [0.717, 1.165) is 31.4 Å². The fraction of sp³-hybridized carbons (Fsp3) is 0.478. The van der Waals surface area contributed by atoms with E-state index in [4.69, 9.17) is 10.3 Å². The molecule has 1 aliphatic heterocycles. The molecule has 0 unspecified atom stereocenters. The molecule has 3 rings (SSSR count). The number of nitrogens with one attached hydrogen (secondary N) is 1. The van der Waals surface area contributed by atoms with Crippen molar-refractivity contribution in [1.82, 2.24) is 15.2 Å². The molecular formula is C23H37FN4O3S. The first-order valence-corrected chi connectivity index (χ1v) is 11.4. The van der Waals surface area contributed by atoms with Crippen molar-refractivity contribution in [2.75, 3.05) is 26.2 Å². The van der Waals surface area contributed by atoms with E-state index in [9.17, 15) is 9.32 Å². The first-order valence-electron chi connectivity index (χ1n) is 10.6. The van der Waals surface area contributed by atoms with Gasteiger partial charge in [-0.05, 0) is 26.0 Å². The molecule has 0 bridgehead atoms. The number of amides is 1. The second-order valence-electron chi connectivity index (χ2n) is 5.91. The summed E-state index contributed by atoms with van der Waals surface area (Å²) in [6, 6.07) is 5.59. The van der Waals surface area contributed by atoms with E-state index in [0.29, 0.717) is 28.4 Å². The maximum atomic E-state index is 12.1. The maximum absolute atomic E-state index is 12.1. The number of aromatic nitrogens is 1. The van der Waals surface area contributed by atoms with E-state index in [1.165, 1.54) is 6.20 Å². The molecule has 1 atom stereocenters. The third kappa shape index (κ3) is 10.8. The third-order valence-corrected chi connectivity index (χ3v) is 4.55. The van der Waals surface area contributed by atoms with Crippen LogP contribution in [0.5, 0.6) is 5.75 Å². The van der Waals surface area contributed by atoms with Gasteiger partial charge in [0.25, 0.3) is 0 Å². The summed E-state index contributed by atoms with van der Waals surface area (Å²) in [5.74, 6) is 0.0743. The van der Waals surface area contributed by atoms with Gasteiger partial charge in [0.15, 0.2) is 5.75 Å². The highest BCUT2D eigenvalue weighted by molar-refractivity contribution is 7.94. The van der Waals surface area contributed by atoms with Crippen molar-refractivity contribution in [2.45, 2.75) is 52.0 Å². The lowest BCUT2D eigenvalue weighted by atomic mass is 10.2. The van der Waals surface area contributed by atoms with Crippen LogP contribution in [0.15, 0.2) is 35.5 Å². The number of nitrogens with two attached hydrogens (primary N) is 1. The number of terminal acetylenes is 1. The van der Waals surface area contributed by atoms with Crippen LogP contribution in [0.4, 0.5) is 4.53 Å². The number of benzene rings is 1. The molecule has 0 aliphatic carbocycles. The molecule has 9 heteroatoms. The summed E-state index contributed by atoms with van der Waals surface area (Å²) >= 11 is 0.553. The largest absolute Gasteiger partial charge is 0.340 e. The normalized spacial score (nSPS) is 14.4. The zero-order valence-corrected chi connectivity index (χ0v) is 20.5. The smallest absolute Gasteiger partial charge is 0.236 e. The monoisotopic (exact) mass is 468 g/mol. The summed E-state index contributed by atoms with van der Waals surface area (Å²) in [6.07, 6.45) is 11.9. The molecule has 4 N–H and O–H groups in total. The van der Waals surface area contributed by atoms with E-state index >= 15 is 0 Å². The summed E-state index contributed by atoms with van der Waals surface area (Å²) in [5, 5.41) is 4.57. The van der Waals surface area contributed by atoms with Crippen molar-refractivity contribution in [3.8, 4) is 18.6 Å². The van der Waals surface area contributed by atoms with E-state index in [1.807, 2.05) is 32.6 Å². The van der Waals surface area contributed by atoms with Crippen molar-refractivity contribution in [2.24, 2.45) is 5.73 Å². The van der Waals surface area contributed by atoms with Gasteiger partial charge < -0.3 is 20.5 Å². The van der Waals surface area contributed by atoms with Crippen LogP contribution < -0.4 is 16.0 Å². The highest BCUT2D eigenvalue weighted by atomic mass is 32.2. The number of hydrogen-bond acceptors (Lipinski definition) is 7. The number of rotatable bonds is 3. The van der Waals surface area contributed by atoms with Gasteiger partial charge in [0.1, 0.15) is 0 Å². The van der Waals surface area contributed by atoms with Crippen LogP contribution in [0.1, 0.15) is 41.0 Å². The van der Waals surface area contributed by atoms with Gasteiger partial charge in [-0.3, -0.25) is 14.7 Å². The molecular weight excluding hydrogens is 431 g/mol. The average molecular weight is 469 g/mol. The number of nitrogens with zero attached hydrogens (tertiary/aromatic N) is 2. The predicted octanol–water partition coefficient (Wildman–Crippen LogP) is 4.52. The molecule has 0 radical (unpaired) electrons. The summed E-state index contributed by atoms with van der Waals surface area (Å²) in [5.41, 5.74) is 5.29. The molecule has 2 heterocycles. The van der Waals surface area contributed by atoms with Crippen LogP contribution in [-0.2, 0) is 4.79 Å². The minimum absolute atomic E-state index is 0.0136. The Bertz CT molecular complexity index is 738. The van der Waals surface area contributed by atoms with E-state index < -0.39 is 0 Å². The Kier molecular flexibility index (Phi) is 20.4. The van der Waals surface area contributed by atoms with Gasteiger partial charge in [-0.15, -0.1) is 12.8 Å². The fourth-order valence-corrected chi connectivity index (χ4v) is 3.21. The van der Waals surface area contributed by atoms with E-state index in [1.54, 1.807) is 24.4 Å². The Balaban J connectivity index is 0. The van der Waals surface area contributed by atoms with Gasteiger partial charge >= 0.3 is 0 Å². The zero-order chi connectivity index (χ0) is 24.9. The molecule has 1 fully saturated rings. The number of fused-ring (bicyclic) bond motifs is 1. The molecule has 32 heavy (non-hydrogen) atoms. The SMILES string of the molecule is C#C.CC.CC.C[C@H]1CN(C(=O)CN)CCCN1.OSc1cccc2cncc(OF)c12. The van der Waals surface area contributed by atoms with E-state index in [-0.39, 0.29) is 18.2 Å². The number of carbonyl (C=O) groups excluding carboxylic acids is 1. The summed E-state index contributed by atoms with van der Waals surface area (Å²) in [6.45, 7) is 12.8. The molecule has 180 valence electrons. The van der Waals surface area contributed by atoms with Gasteiger partial charge in [0.05, 0.1) is 12.7 Å². The molecule has 7 nitrogen and oxygen atoms in total. The Morgan fingerprint density at radius 2 is 2.00 bits per heavy atom. The molecule has 1 amide bonds. The third-order valence-electron chi connectivity index (χ3n) is 4.01. The Morgan fingerprint density at radius 3 is 2.56 bits per heavy atom. The minimum atomic E-state index is 0.0136. The number of pyridine rings is 1. The number of carbonyl (C=O) groups is 1. The highest BCUT2D eigenvalue weighted by Gasteiger charge is 2.17. The lowest BCUT2D eigenvalue weighted by molar-refractivity contribution is -0.129. The molecule has 0 saturated carbocycles. The molecule has 1 saturated heterocycles. The molecule has 1 aliphatic rings. The quantitative estimate of drug-likeness (QED) is 0.450. The second-order valence-corrected chi connectivity index (χ2v) is 6.54. The van der Waals surface area contributed by atoms with Gasteiger partial charge in [0, 0.05) is 57.6 Å². The number of hydrogen-bond donors (Lipinski definition) is 3. The minimum Gasteiger partial charge on any atom is -0.340 e. The highest BCUT2D eigenvalue weighted by Crippen LogP contribution is 2.32. The van der Waals surface area contributed by atoms with Crippen LogP contribution in [0.25, 0.3) is 10.8 Å². The van der Waals surface area contributed by atoms with Gasteiger partial charge in [-0.2, -0.15) is 0 Å². The van der Waals surface area contributed by atoms with Crippen LogP contribution in [0.2, 0.25) is 0 Å². The van der Waals surface area contributed by atoms with Gasteiger partial charge in [-0.1, -0.05) is 39.8 Å². The Labute approximate surface area is 196 Å². The zero-order valence-electron chi connectivity index (χ0n) is 19.7. The Morgan fingerprint density at radius 1 is 1.34 bits per heavy atom. The second kappa shape index (κ2) is 20.5. The molecule has 0 spiro atoms. The van der Waals surface area contributed by atoms with Crippen molar-refractivity contribution in [1.29, 1.82) is 0 Å². The van der Waals surface area contributed by atoms with Crippen molar-refractivity contribution >= 4 is 28.7 Å². The van der Waals surface area contributed by atoms with Crippen molar-refractivity contribution < 1.29 is 18.8 Å². The van der Waals surface area contributed by atoms with Crippen molar-refractivity contribution in [3.05, 3.63) is 30.6 Å². The maximum Gasteiger partial charge on any atom is 0.236 e. The lowest BCUT2D eigenvalue weighted by Crippen LogP contribution is -2.41.